The van der Waals surface area contributed by atoms with Gasteiger partial charge in [-0.3, -0.25) is 14.4 Å². The van der Waals surface area contributed by atoms with Gasteiger partial charge in [0.25, 0.3) is 0 Å². The molecule has 0 aromatic heterocycles. The number of benzene rings is 2. The van der Waals surface area contributed by atoms with Crippen molar-refractivity contribution in [3.8, 4) is 0 Å². The van der Waals surface area contributed by atoms with Gasteiger partial charge in [-0.2, -0.15) is 0 Å². The SMILES string of the molecule is Cc1ccc(C(=O)c2cc(C=O)cc(C=O)c2)cc1. The Kier molecular flexibility index (Phi) is 3.66. The third-order valence-electron chi connectivity index (χ3n) is 2.83. The van der Waals surface area contributed by atoms with Gasteiger partial charge in [0.2, 0.25) is 0 Å². The number of carbonyl (C=O) groups is 3. The molecule has 0 aliphatic carbocycles. The summed E-state index contributed by atoms with van der Waals surface area (Å²) in [4.78, 5) is 33.9. The van der Waals surface area contributed by atoms with Crippen LogP contribution in [-0.4, -0.2) is 18.4 Å². The van der Waals surface area contributed by atoms with Gasteiger partial charge in [0, 0.05) is 22.3 Å². The maximum atomic E-state index is 12.3. The van der Waals surface area contributed by atoms with E-state index in [4.69, 9.17) is 0 Å². The van der Waals surface area contributed by atoms with Crippen molar-refractivity contribution in [3.63, 3.8) is 0 Å². The minimum atomic E-state index is -0.202. The summed E-state index contributed by atoms with van der Waals surface area (Å²) < 4.78 is 0. The van der Waals surface area contributed by atoms with E-state index >= 15 is 0 Å². The zero-order chi connectivity index (χ0) is 13.8. The van der Waals surface area contributed by atoms with Crippen molar-refractivity contribution in [2.75, 3.05) is 0 Å². The minimum Gasteiger partial charge on any atom is -0.298 e. The number of ketones is 1. The molecule has 3 nitrogen and oxygen atoms in total. The van der Waals surface area contributed by atoms with E-state index in [1.54, 1.807) is 12.1 Å². The van der Waals surface area contributed by atoms with Crippen molar-refractivity contribution < 1.29 is 14.4 Å². The van der Waals surface area contributed by atoms with Gasteiger partial charge in [0.15, 0.2) is 5.78 Å². The fourth-order valence-corrected chi connectivity index (χ4v) is 1.82. The molecule has 2 aromatic carbocycles. The first-order chi connectivity index (χ1) is 9.13. The summed E-state index contributed by atoms with van der Waals surface area (Å²) in [5, 5.41) is 0. The van der Waals surface area contributed by atoms with Crippen LogP contribution in [0.4, 0.5) is 0 Å². The summed E-state index contributed by atoms with van der Waals surface area (Å²) in [6, 6.07) is 11.6. The van der Waals surface area contributed by atoms with Gasteiger partial charge in [-0.15, -0.1) is 0 Å². The molecule has 0 atom stereocenters. The second-order valence-corrected chi connectivity index (χ2v) is 4.32. The van der Waals surface area contributed by atoms with Crippen LogP contribution in [0.2, 0.25) is 0 Å². The molecular weight excluding hydrogens is 240 g/mol. The van der Waals surface area contributed by atoms with E-state index in [1.165, 1.54) is 18.2 Å². The Morgan fingerprint density at radius 2 is 1.37 bits per heavy atom. The number of aryl methyl sites for hydroxylation is 1. The molecule has 3 heteroatoms. The van der Waals surface area contributed by atoms with Crippen LogP contribution >= 0.6 is 0 Å². The smallest absolute Gasteiger partial charge is 0.193 e. The number of aldehydes is 2. The zero-order valence-electron chi connectivity index (χ0n) is 10.4. The average Bonchev–Trinajstić information content (AvgIpc) is 2.46. The first-order valence-corrected chi connectivity index (χ1v) is 5.81. The first kappa shape index (κ1) is 12.9. The molecule has 0 saturated carbocycles. The zero-order valence-corrected chi connectivity index (χ0v) is 10.4. The third-order valence-corrected chi connectivity index (χ3v) is 2.83. The Bertz CT molecular complexity index is 613. The van der Waals surface area contributed by atoms with Crippen LogP contribution in [0.3, 0.4) is 0 Å². The standard InChI is InChI=1S/C16H12O3/c1-11-2-4-14(5-3-11)16(19)15-7-12(9-17)6-13(8-15)10-18/h2-10H,1H3. The van der Waals surface area contributed by atoms with Gasteiger partial charge in [-0.25, -0.2) is 0 Å². The molecule has 2 rings (SSSR count). The molecule has 2 aromatic rings. The third kappa shape index (κ3) is 2.83. The lowest BCUT2D eigenvalue weighted by Gasteiger charge is -2.04. The van der Waals surface area contributed by atoms with Crippen LogP contribution in [0.1, 0.15) is 42.2 Å². The predicted molar refractivity (Wildman–Crippen MR) is 71.8 cm³/mol. The molecule has 0 fully saturated rings. The highest BCUT2D eigenvalue weighted by Crippen LogP contribution is 2.14. The molecule has 0 amide bonds. The van der Waals surface area contributed by atoms with Crippen molar-refractivity contribution >= 4 is 18.4 Å². The van der Waals surface area contributed by atoms with Gasteiger partial charge in [0.1, 0.15) is 12.6 Å². The first-order valence-electron chi connectivity index (χ1n) is 5.81. The van der Waals surface area contributed by atoms with E-state index in [1.807, 2.05) is 19.1 Å². The van der Waals surface area contributed by atoms with Crippen molar-refractivity contribution in [3.05, 3.63) is 70.3 Å². The highest BCUT2D eigenvalue weighted by atomic mass is 16.1. The van der Waals surface area contributed by atoms with Crippen LogP contribution in [-0.2, 0) is 0 Å². The maximum absolute atomic E-state index is 12.3. The van der Waals surface area contributed by atoms with E-state index < -0.39 is 0 Å². The summed E-state index contributed by atoms with van der Waals surface area (Å²) in [6.07, 6.45) is 1.25. The van der Waals surface area contributed by atoms with Gasteiger partial charge in [-0.05, 0) is 25.1 Å². The van der Waals surface area contributed by atoms with Crippen LogP contribution in [0, 0.1) is 6.92 Å². The minimum absolute atomic E-state index is 0.202. The number of hydrogen-bond donors (Lipinski definition) is 0. The lowest BCUT2D eigenvalue weighted by molar-refractivity contribution is 0.103. The Hall–Kier alpha value is -2.55. The summed E-state index contributed by atoms with van der Waals surface area (Å²) in [6.45, 7) is 1.94. The van der Waals surface area contributed by atoms with E-state index in [9.17, 15) is 14.4 Å². The number of hydrogen-bond acceptors (Lipinski definition) is 3. The Balaban J connectivity index is 2.45. The van der Waals surface area contributed by atoms with Crippen LogP contribution < -0.4 is 0 Å². The van der Waals surface area contributed by atoms with E-state index in [2.05, 4.69) is 0 Å². The largest absolute Gasteiger partial charge is 0.298 e. The maximum Gasteiger partial charge on any atom is 0.193 e. The summed E-state index contributed by atoms with van der Waals surface area (Å²) >= 11 is 0. The molecular formula is C16H12O3. The van der Waals surface area contributed by atoms with Crippen molar-refractivity contribution in [2.24, 2.45) is 0 Å². The lowest BCUT2D eigenvalue weighted by Crippen LogP contribution is -2.03. The van der Waals surface area contributed by atoms with E-state index in [0.29, 0.717) is 34.8 Å². The average molecular weight is 252 g/mol. The molecule has 0 N–H and O–H groups in total. The van der Waals surface area contributed by atoms with Gasteiger partial charge in [0.05, 0.1) is 0 Å². The van der Waals surface area contributed by atoms with Crippen LogP contribution in [0.15, 0.2) is 42.5 Å². The Morgan fingerprint density at radius 1 is 0.842 bits per heavy atom. The molecule has 0 heterocycles. The number of rotatable bonds is 4. The highest BCUT2D eigenvalue weighted by molar-refractivity contribution is 6.10. The quantitative estimate of drug-likeness (QED) is 0.621. The molecule has 0 radical (unpaired) electrons. The van der Waals surface area contributed by atoms with Gasteiger partial charge < -0.3 is 0 Å². The molecule has 0 aliphatic rings. The monoisotopic (exact) mass is 252 g/mol. The number of carbonyl (C=O) groups excluding carboxylic acids is 3. The Labute approximate surface area is 110 Å². The van der Waals surface area contributed by atoms with Crippen LogP contribution in [0.25, 0.3) is 0 Å². The summed E-state index contributed by atoms with van der Waals surface area (Å²) in [7, 11) is 0. The van der Waals surface area contributed by atoms with Crippen molar-refractivity contribution in [1.82, 2.24) is 0 Å². The molecule has 0 aliphatic heterocycles. The summed E-state index contributed by atoms with van der Waals surface area (Å²) in [5.41, 5.74) is 2.58. The molecule has 0 spiro atoms. The lowest BCUT2D eigenvalue weighted by atomic mass is 9.98. The van der Waals surface area contributed by atoms with E-state index in [-0.39, 0.29) is 5.78 Å². The van der Waals surface area contributed by atoms with Crippen molar-refractivity contribution in [2.45, 2.75) is 6.92 Å². The summed E-state index contributed by atoms with van der Waals surface area (Å²) in [5.74, 6) is -0.202. The van der Waals surface area contributed by atoms with Crippen molar-refractivity contribution in [1.29, 1.82) is 0 Å². The molecule has 0 unspecified atom stereocenters. The molecule has 19 heavy (non-hydrogen) atoms. The second kappa shape index (κ2) is 5.40. The predicted octanol–water partition coefficient (Wildman–Crippen LogP) is 2.85. The topological polar surface area (TPSA) is 51.2 Å². The highest BCUT2D eigenvalue weighted by Gasteiger charge is 2.11. The second-order valence-electron chi connectivity index (χ2n) is 4.32. The molecule has 94 valence electrons. The normalized spacial score (nSPS) is 9.95. The fourth-order valence-electron chi connectivity index (χ4n) is 1.82. The van der Waals surface area contributed by atoms with E-state index in [0.717, 1.165) is 5.56 Å². The Morgan fingerprint density at radius 3 is 1.84 bits per heavy atom. The fraction of sp³-hybridized carbons (Fsp3) is 0.0625. The van der Waals surface area contributed by atoms with Gasteiger partial charge in [-0.1, -0.05) is 29.8 Å². The van der Waals surface area contributed by atoms with Crippen LogP contribution in [0.5, 0.6) is 0 Å². The molecule has 0 bridgehead atoms. The van der Waals surface area contributed by atoms with Gasteiger partial charge >= 0.3 is 0 Å². The molecule has 0 saturated heterocycles.